The molecule has 0 N–H and O–H groups in total. The van der Waals surface area contributed by atoms with Gasteiger partial charge >= 0.3 is 0 Å². The van der Waals surface area contributed by atoms with Crippen molar-refractivity contribution in [2.75, 3.05) is 0 Å². The van der Waals surface area contributed by atoms with Crippen LogP contribution in [0.25, 0.3) is 0 Å². The second kappa shape index (κ2) is 3.25. The largest absolute Gasteiger partial charge is 0.0745 e. The molecule has 0 aromatic rings. The van der Waals surface area contributed by atoms with Crippen molar-refractivity contribution < 1.29 is 0 Å². The minimum Gasteiger partial charge on any atom is -0.0745 e. The van der Waals surface area contributed by atoms with Crippen molar-refractivity contribution in [2.45, 2.75) is 47.0 Å². The van der Waals surface area contributed by atoms with Crippen LogP contribution in [0.5, 0.6) is 0 Å². The summed E-state index contributed by atoms with van der Waals surface area (Å²) >= 11 is 0. The molecule has 14 heavy (non-hydrogen) atoms. The van der Waals surface area contributed by atoms with E-state index >= 15 is 0 Å². The summed E-state index contributed by atoms with van der Waals surface area (Å²) < 4.78 is 0. The fourth-order valence-electron chi connectivity index (χ4n) is 3.60. The Bertz CT molecular complexity index is 283. The summed E-state index contributed by atoms with van der Waals surface area (Å²) in [5, 5.41) is 0. The lowest BCUT2D eigenvalue weighted by Crippen LogP contribution is -2.29. The van der Waals surface area contributed by atoms with Crippen molar-refractivity contribution >= 4 is 0 Å². The first-order valence-electron chi connectivity index (χ1n) is 5.91. The van der Waals surface area contributed by atoms with Gasteiger partial charge in [0, 0.05) is 0 Å². The number of hydrogen-bond donors (Lipinski definition) is 0. The normalized spacial score (nSPS) is 42.6. The Balaban J connectivity index is 2.37. The molecule has 1 saturated carbocycles. The minimum absolute atomic E-state index is 0.503. The van der Waals surface area contributed by atoms with Crippen molar-refractivity contribution in [2.24, 2.45) is 17.3 Å². The second-order valence-electron chi connectivity index (χ2n) is 5.55. The molecule has 0 nitrogen and oxygen atoms in total. The van der Waals surface area contributed by atoms with Gasteiger partial charge in [-0.3, -0.25) is 0 Å². The van der Waals surface area contributed by atoms with Crippen LogP contribution >= 0.6 is 0 Å². The zero-order valence-corrected chi connectivity index (χ0v) is 9.93. The molecule has 2 rings (SSSR count). The van der Waals surface area contributed by atoms with Gasteiger partial charge < -0.3 is 0 Å². The summed E-state index contributed by atoms with van der Waals surface area (Å²) in [6.07, 6.45) is 9.04. The monoisotopic (exact) mass is 190 g/mol. The van der Waals surface area contributed by atoms with Crippen LogP contribution in [-0.4, -0.2) is 0 Å². The van der Waals surface area contributed by atoms with Crippen molar-refractivity contribution in [3.05, 3.63) is 23.3 Å². The fraction of sp³-hybridized carbons (Fsp3) is 0.714. The highest BCUT2D eigenvalue weighted by Gasteiger charge is 2.44. The Labute approximate surface area is 88.1 Å². The van der Waals surface area contributed by atoms with Gasteiger partial charge in [-0.15, -0.1) is 0 Å². The van der Waals surface area contributed by atoms with Gasteiger partial charge in [0.15, 0.2) is 0 Å². The van der Waals surface area contributed by atoms with Gasteiger partial charge in [0.1, 0.15) is 0 Å². The molecule has 0 aromatic heterocycles. The fourth-order valence-corrected chi connectivity index (χ4v) is 3.60. The van der Waals surface area contributed by atoms with Gasteiger partial charge in [0.05, 0.1) is 0 Å². The number of allylic oxidation sites excluding steroid dienone is 4. The Morgan fingerprint density at radius 1 is 1.14 bits per heavy atom. The zero-order chi connectivity index (χ0) is 10.3. The zero-order valence-electron chi connectivity index (χ0n) is 9.93. The molecule has 2 unspecified atom stereocenters. The second-order valence-corrected chi connectivity index (χ2v) is 5.55. The van der Waals surface area contributed by atoms with Crippen LogP contribution in [0.15, 0.2) is 23.3 Å². The van der Waals surface area contributed by atoms with E-state index in [2.05, 4.69) is 39.8 Å². The summed E-state index contributed by atoms with van der Waals surface area (Å²) in [4.78, 5) is 0. The van der Waals surface area contributed by atoms with E-state index in [1.165, 1.54) is 24.8 Å². The predicted octanol–water partition coefficient (Wildman–Crippen LogP) is 4.34. The molecule has 2 aliphatic rings. The van der Waals surface area contributed by atoms with Crippen LogP contribution < -0.4 is 0 Å². The molecule has 0 aromatic carbocycles. The third-order valence-electron chi connectivity index (χ3n) is 4.42. The minimum atomic E-state index is 0.503. The van der Waals surface area contributed by atoms with Crippen molar-refractivity contribution in [1.29, 1.82) is 0 Å². The maximum atomic E-state index is 2.56. The van der Waals surface area contributed by atoms with Gasteiger partial charge in [0.2, 0.25) is 0 Å². The van der Waals surface area contributed by atoms with Gasteiger partial charge in [-0.05, 0) is 50.4 Å². The highest BCUT2D eigenvalue weighted by atomic mass is 14.5. The maximum Gasteiger partial charge on any atom is -0.00242 e. The topological polar surface area (TPSA) is 0 Å². The molecular weight excluding hydrogens is 168 g/mol. The summed E-state index contributed by atoms with van der Waals surface area (Å²) in [6.45, 7) is 9.41. The average molecular weight is 190 g/mol. The van der Waals surface area contributed by atoms with Gasteiger partial charge in [-0.1, -0.05) is 37.1 Å². The Hall–Kier alpha value is -0.520. The number of hydrogen-bond acceptors (Lipinski definition) is 0. The van der Waals surface area contributed by atoms with Gasteiger partial charge in [-0.2, -0.15) is 0 Å². The van der Waals surface area contributed by atoms with Gasteiger partial charge in [0.25, 0.3) is 0 Å². The van der Waals surface area contributed by atoms with E-state index in [-0.39, 0.29) is 0 Å². The summed E-state index contributed by atoms with van der Waals surface area (Å²) in [5.41, 5.74) is 3.56. The van der Waals surface area contributed by atoms with Crippen LogP contribution in [-0.2, 0) is 0 Å². The van der Waals surface area contributed by atoms with E-state index in [4.69, 9.17) is 0 Å². The van der Waals surface area contributed by atoms with E-state index in [0.29, 0.717) is 5.41 Å². The molecule has 0 aliphatic heterocycles. The summed E-state index contributed by atoms with van der Waals surface area (Å²) in [6, 6.07) is 0. The first-order chi connectivity index (χ1) is 6.54. The standard InChI is InChI=1S/C14H22/c1-10-7-11(2)9-14(8-10)12(3)5-6-13(14)4/h7-8,12-13H,5-6,9H2,1-4H3. The smallest absolute Gasteiger partial charge is 0.00242 e. The Morgan fingerprint density at radius 3 is 2.21 bits per heavy atom. The van der Waals surface area contributed by atoms with E-state index in [1.807, 2.05) is 0 Å². The lowest BCUT2D eigenvalue weighted by molar-refractivity contribution is 0.221. The van der Waals surface area contributed by atoms with Crippen molar-refractivity contribution in [3.63, 3.8) is 0 Å². The molecule has 0 heteroatoms. The van der Waals surface area contributed by atoms with Crippen molar-refractivity contribution in [1.82, 2.24) is 0 Å². The van der Waals surface area contributed by atoms with E-state index in [0.717, 1.165) is 11.8 Å². The van der Waals surface area contributed by atoms with Crippen LogP contribution in [0.3, 0.4) is 0 Å². The third kappa shape index (κ3) is 1.36. The molecule has 0 heterocycles. The molecule has 1 spiro atoms. The van der Waals surface area contributed by atoms with E-state index in [9.17, 15) is 0 Å². The summed E-state index contributed by atoms with van der Waals surface area (Å²) in [5.74, 6) is 1.74. The first kappa shape index (κ1) is 10.0. The summed E-state index contributed by atoms with van der Waals surface area (Å²) in [7, 11) is 0. The maximum absolute atomic E-state index is 2.56. The van der Waals surface area contributed by atoms with Gasteiger partial charge in [-0.25, -0.2) is 0 Å². The van der Waals surface area contributed by atoms with Crippen LogP contribution in [0.2, 0.25) is 0 Å². The molecule has 78 valence electrons. The molecule has 0 bridgehead atoms. The van der Waals surface area contributed by atoms with Crippen LogP contribution in [0.4, 0.5) is 0 Å². The lowest BCUT2D eigenvalue weighted by Gasteiger charge is -2.38. The molecule has 1 fully saturated rings. The highest BCUT2D eigenvalue weighted by molar-refractivity contribution is 5.32. The molecule has 2 atom stereocenters. The van der Waals surface area contributed by atoms with Crippen molar-refractivity contribution in [3.8, 4) is 0 Å². The van der Waals surface area contributed by atoms with E-state index < -0.39 is 0 Å². The number of rotatable bonds is 0. The van der Waals surface area contributed by atoms with E-state index in [1.54, 1.807) is 5.57 Å². The van der Waals surface area contributed by atoms with Crippen LogP contribution in [0, 0.1) is 17.3 Å². The van der Waals surface area contributed by atoms with Crippen LogP contribution in [0.1, 0.15) is 47.0 Å². The lowest BCUT2D eigenvalue weighted by atomic mass is 9.66. The predicted molar refractivity (Wildman–Crippen MR) is 62.1 cm³/mol. The molecule has 0 radical (unpaired) electrons. The SMILES string of the molecule is CC1=CC2(CC(C)=C1)C(C)CCC2C. The Morgan fingerprint density at radius 2 is 1.71 bits per heavy atom. The first-order valence-corrected chi connectivity index (χ1v) is 5.91. The third-order valence-corrected chi connectivity index (χ3v) is 4.42. The molecule has 0 amide bonds. The quantitative estimate of drug-likeness (QED) is 0.533. The molecule has 2 aliphatic carbocycles. The molecule has 0 saturated heterocycles. The average Bonchev–Trinajstić information content (AvgIpc) is 2.32. The molecular formula is C14H22. The highest BCUT2D eigenvalue weighted by Crippen LogP contribution is 2.54. The Kier molecular flexibility index (Phi) is 2.33.